The zero-order valence-electron chi connectivity index (χ0n) is 14.8. The molecule has 10 heteroatoms. The van der Waals surface area contributed by atoms with Crippen molar-refractivity contribution in [2.24, 2.45) is 13.0 Å². The molecule has 2 atom stereocenters. The van der Waals surface area contributed by atoms with Crippen molar-refractivity contribution >= 4 is 16.9 Å². The molecule has 1 aliphatic heterocycles. The lowest BCUT2D eigenvalue weighted by atomic mass is 10.0. The number of alkyl halides is 2. The van der Waals surface area contributed by atoms with E-state index in [1.807, 2.05) is 14.0 Å². The second-order valence-corrected chi connectivity index (χ2v) is 6.61. The van der Waals surface area contributed by atoms with Crippen LogP contribution in [-0.2, 0) is 11.8 Å². The van der Waals surface area contributed by atoms with Gasteiger partial charge in [-0.1, -0.05) is 0 Å². The van der Waals surface area contributed by atoms with Gasteiger partial charge < -0.3 is 14.6 Å². The molecular weight excluding hydrogens is 358 g/mol. The third-order valence-electron chi connectivity index (χ3n) is 4.73. The van der Waals surface area contributed by atoms with E-state index >= 15 is 0 Å². The van der Waals surface area contributed by atoms with E-state index < -0.39 is 6.55 Å². The zero-order valence-corrected chi connectivity index (χ0v) is 14.8. The molecule has 4 heterocycles. The summed E-state index contributed by atoms with van der Waals surface area (Å²) in [6.45, 7) is -0.286. The summed E-state index contributed by atoms with van der Waals surface area (Å²) in [6, 6.07) is 1.71. The molecule has 3 aromatic heterocycles. The SMILES string of the molecule is C[C@@H](Oc1nc(-c2cnn(C(F)F)c2)cc2ncn(C)c12)[C@H]1CNC(=O)C1. The van der Waals surface area contributed by atoms with E-state index in [0.717, 1.165) is 0 Å². The minimum atomic E-state index is -2.72. The van der Waals surface area contributed by atoms with E-state index in [2.05, 4.69) is 20.4 Å². The Morgan fingerprint density at radius 1 is 1.41 bits per heavy atom. The highest BCUT2D eigenvalue weighted by molar-refractivity contribution is 5.84. The largest absolute Gasteiger partial charge is 0.473 e. The molecule has 1 fully saturated rings. The number of rotatable bonds is 5. The van der Waals surface area contributed by atoms with Gasteiger partial charge in [0.15, 0.2) is 0 Å². The number of hydrogen-bond acceptors (Lipinski definition) is 5. The summed E-state index contributed by atoms with van der Waals surface area (Å²) >= 11 is 0. The second-order valence-electron chi connectivity index (χ2n) is 6.61. The number of amides is 1. The minimum absolute atomic E-state index is 0.00209. The molecule has 4 rings (SSSR count). The number of halogens is 2. The molecule has 0 unspecified atom stereocenters. The lowest BCUT2D eigenvalue weighted by Gasteiger charge is -2.20. The van der Waals surface area contributed by atoms with Crippen LogP contribution in [0.25, 0.3) is 22.3 Å². The fourth-order valence-electron chi connectivity index (χ4n) is 3.18. The van der Waals surface area contributed by atoms with Gasteiger partial charge in [0.1, 0.15) is 11.6 Å². The van der Waals surface area contributed by atoms with Gasteiger partial charge in [0, 0.05) is 37.7 Å². The highest BCUT2D eigenvalue weighted by Gasteiger charge is 2.29. The summed E-state index contributed by atoms with van der Waals surface area (Å²) in [5, 5.41) is 6.45. The molecule has 0 spiro atoms. The van der Waals surface area contributed by atoms with E-state index in [9.17, 15) is 13.6 Å². The van der Waals surface area contributed by atoms with E-state index in [4.69, 9.17) is 4.74 Å². The summed E-state index contributed by atoms with van der Waals surface area (Å²) in [4.78, 5) is 20.3. The molecule has 3 aromatic rings. The molecule has 0 radical (unpaired) electrons. The van der Waals surface area contributed by atoms with E-state index in [1.54, 1.807) is 17.0 Å². The maximum atomic E-state index is 12.8. The van der Waals surface area contributed by atoms with Crippen LogP contribution in [0.2, 0.25) is 0 Å². The molecule has 8 nitrogen and oxygen atoms in total. The number of nitrogens with zero attached hydrogens (tertiary/aromatic N) is 5. The molecule has 142 valence electrons. The highest BCUT2D eigenvalue weighted by Crippen LogP contribution is 2.30. The molecule has 1 aliphatic rings. The summed E-state index contributed by atoms with van der Waals surface area (Å²) in [6.07, 6.45) is 4.34. The molecule has 0 aromatic carbocycles. The topological polar surface area (TPSA) is 86.9 Å². The van der Waals surface area contributed by atoms with Gasteiger partial charge in [-0.15, -0.1) is 0 Å². The van der Waals surface area contributed by atoms with Crippen molar-refractivity contribution in [3.63, 3.8) is 0 Å². The second kappa shape index (κ2) is 6.60. The van der Waals surface area contributed by atoms with Gasteiger partial charge in [-0.3, -0.25) is 4.79 Å². The summed E-state index contributed by atoms with van der Waals surface area (Å²) in [5.74, 6) is 0.384. The van der Waals surface area contributed by atoms with E-state index in [0.29, 0.717) is 45.8 Å². The molecule has 1 amide bonds. The monoisotopic (exact) mass is 376 g/mol. The van der Waals surface area contributed by atoms with Gasteiger partial charge in [-0.2, -0.15) is 13.9 Å². The lowest BCUT2D eigenvalue weighted by Crippen LogP contribution is -2.26. The van der Waals surface area contributed by atoms with Crippen LogP contribution in [0, 0.1) is 5.92 Å². The number of carbonyl (C=O) groups is 1. The van der Waals surface area contributed by atoms with Crippen LogP contribution in [0.3, 0.4) is 0 Å². The van der Waals surface area contributed by atoms with Crippen LogP contribution in [0.1, 0.15) is 19.9 Å². The van der Waals surface area contributed by atoms with Crippen molar-refractivity contribution in [1.29, 1.82) is 0 Å². The number of pyridine rings is 1. The van der Waals surface area contributed by atoms with Crippen molar-refractivity contribution in [2.75, 3.05) is 6.54 Å². The van der Waals surface area contributed by atoms with Crippen molar-refractivity contribution in [2.45, 2.75) is 26.0 Å². The first-order chi connectivity index (χ1) is 12.9. The van der Waals surface area contributed by atoms with Gasteiger partial charge in [0.05, 0.1) is 23.7 Å². The predicted octanol–water partition coefficient (Wildman–Crippen LogP) is 2.13. The molecule has 0 bridgehead atoms. The fraction of sp³-hybridized carbons (Fsp3) is 0.412. The van der Waals surface area contributed by atoms with Crippen LogP contribution >= 0.6 is 0 Å². The first kappa shape index (κ1) is 17.4. The minimum Gasteiger partial charge on any atom is -0.473 e. The number of fused-ring (bicyclic) bond motifs is 1. The predicted molar refractivity (Wildman–Crippen MR) is 92.2 cm³/mol. The lowest BCUT2D eigenvalue weighted by molar-refractivity contribution is -0.119. The Hall–Kier alpha value is -3.04. The third-order valence-corrected chi connectivity index (χ3v) is 4.73. The molecule has 1 N–H and O–H groups in total. The number of imidazole rings is 1. The Kier molecular flexibility index (Phi) is 4.25. The average molecular weight is 376 g/mol. The Bertz CT molecular complexity index is 999. The normalized spacial score (nSPS) is 18.3. The summed E-state index contributed by atoms with van der Waals surface area (Å²) < 4.78 is 34.1. The fourth-order valence-corrected chi connectivity index (χ4v) is 3.18. The standard InChI is InChI=1S/C17H18F2N6O2/c1-9(10-3-14(26)20-5-10)27-16-15-13(21-8-24(15)2)4-12(23-16)11-6-22-25(7-11)17(18)19/h4,6-10,17H,3,5H2,1-2H3,(H,20,26)/t9-,10-/m1/s1. The number of aromatic nitrogens is 5. The summed E-state index contributed by atoms with van der Waals surface area (Å²) in [5.41, 5.74) is 2.22. The van der Waals surface area contributed by atoms with Crippen LogP contribution < -0.4 is 10.1 Å². The zero-order chi connectivity index (χ0) is 19.1. The van der Waals surface area contributed by atoms with Gasteiger partial charge in [0.25, 0.3) is 0 Å². The van der Waals surface area contributed by atoms with Crippen LogP contribution in [0.5, 0.6) is 5.88 Å². The smallest absolute Gasteiger partial charge is 0.333 e. The first-order valence-electron chi connectivity index (χ1n) is 8.50. The van der Waals surface area contributed by atoms with Gasteiger partial charge in [-0.05, 0) is 13.0 Å². The van der Waals surface area contributed by atoms with Gasteiger partial charge in [0.2, 0.25) is 11.8 Å². The van der Waals surface area contributed by atoms with Gasteiger partial charge in [-0.25, -0.2) is 14.6 Å². The van der Waals surface area contributed by atoms with Crippen molar-refractivity contribution in [3.05, 3.63) is 24.8 Å². The highest BCUT2D eigenvalue weighted by atomic mass is 19.3. The van der Waals surface area contributed by atoms with Crippen LogP contribution in [-0.4, -0.2) is 42.9 Å². The Morgan fingerprint density at radius 2 is 2.22 bits per heavy atom. The Labute approximate surface area is 153 Å². The van der Waals surface area contributed by atoms with Gasteiger partial charge >= 0.3 is 6.55 Å². The maximum absolute atomic E-state index is 12.8. The number of aryl methyl sites for hydroxylation is 1. The Morgan fingerprint density at radius 3 is 2.89 bits per heavy atom. The van der Waals surface area contributed by atoms with Crippen molar-refractivity contribution < 1.29 is 18.3 Å². The van der Waals surface area contributed by atoms with Crippen LogP contribution in [0.15, 0.2) is 24.8 Å². The quantitative estimate of drug-likeness (QED) is 0.737. The van der Waals surface area contributed by atoms with E-state index in [-0.39, 0.29) is 17.9 Å². The molecule has 0 saturated carbocycles. The molecular formula is C17H18F2N6O2. The first-order valence-corrected chi connectivity index (χ1v) is 8.50. The molecule has 0 aliphatic carbocycles. The number of carbonyl (C=O) groups excluding carboxylic acids is 1. The number of nitrogens with one attached hydrogen (secondary N) is 1. The maximum Gasteiger partial charge on any atom is 0.333 e. The molecule has 1 saturated heterocycles. The summed E-state index contributed by atoms with van der Waals surface area (Å²) in [7, 11) is 1.82. The number of hydrogen-bond donors (Lipinski definition) is 1. The molecule has 27 heavy (non-hydrogen) atoms. The number of ether oxygens (including phenoxy) is 1. The average Bonchev–Trinajstić information content (AvgIpc) is 3.34. The van der Waals surface area contributed by atoms with Crippen LogP contribution in [0.4, 0.5) is 8.78 Å². The third kappa shape index (κ3) is 3.22. The van der Waals surface area contributed by atoms with E-state index in [1.165, 1.54) is 12.4 Å². The Balaban J connectivity index is 1.71. The van der Waals surface area contributed by atoms with Crippen molar-refractivity contribution in [3.8, 4) is 17.1 Å². The van der Waals surface area contributed by atoms with Crippen molar-refractivity contribution in [1.82, 2.24) is 29.6 Å².